The number of carbonyl (C=O) groups is 2. The van der Waals surface area contributed by atoms with Crippen LogP contribution in [0.3, 0.4) is 0 Å². The Kier molecular flexibility index (Phi) is 9.38. The van der Waals surface area contributed by atoms with Crippen LogP contribution in [0.2, 0.25) is 0 Å². The van der Waals surface area contributed by atoms with Crippen molar-refractivity contribution in [3.05, 3.63) is 53.2 Å². The molecule has 2 N–H and O–H groups in total. The number of rotatable bonds is 6. The molecular weight excluding hydrogens is 486 g/mol. The molecule has 0 spiro atoms. The largest absolute Gasteiger partial charge is 0.472 e. The molecule has 1 aromatic heterocycles. The molecule has 0 bridgehead atoms. The summed E-state index contributed by atoms with van der Waals surface area (Å²) in [6.45, 7) is 3.83. The SMILES string of the molecule is COCC#Cc1cnc2c(c1)C(=O)N([C@@H](C)CO)C[C@@H](C)[C@@H](CN(C)C(=O)Nc1cc(F)ccc1F)O2. The van der Waals surface area contributed by atoms with Gasteiger partial charge in [-0.2, -0.15) is 0 Å². The summed E-state index contributed by atoms with van der Waals surface area (Å²) in [5.74, 6) is 3.65. The van der Waals surface area contributed by atoms with E-state index >= 15 is 0 Å². The quantitative estimate of drug-likeness (QED) is 0.573. The molecule has 0 aliphatic carbocycles. The van der Waals surface area contributed by atoms with Crippen LogP contribution in [0.5, 0.6) is 5.88 Å². The Balaban J connectivity index is 1.88. The smallest absolute Gasteiger partial charge is 0.321 e. The van der Waals surface area contributed by atoms with E-state index in [0.29, 0.717) is 5.56 Å². The number of carbonyl (C=O) groups excluding carboxylic acids is 2. The first-order valence-corrected chi connectivity index (χ1v) is 11.7. The Hall–Kier alpha value is -3.75. The first-order chi connectivity index (χ1) is 17.6. The number of ether oxygens (including phenoxy) is 2. The van der Waals surface area contributed by atoms with E-state index in [1.54, 1.807) is 13.0 Å². The van der Waals surface area contributed by atoms with E-state index in [4.69, 9.17) is 9.47 Å². The summed E-state index contributed by atoms with van der Waals surface area (Å²) in [4.78, 5) is 33.3. The Labute approximate surface area is 214 Å². The zero-order chi connectivity index (χ0) is 27.1. The summed E-state index contributed by atoms with van der Waals surface area (Å²) >= 11 is 0. The van der Waals surface area contributed by atoms with Gasteiger partial charge in [-0.05, 0) is 25.1 Å². The molecule has 0 saturated heterocycles. The van der Waals surface area contributed by atoms with Gasteiger partial charge in [0.25, 0.3) is 5.91 Å². The van der Waals surface area contributed by atoms with Crippen molar-refractivity contribution >= 4 is 17.6 Å². The molecule has 1 aliphatic heterocycles. The second-order valence-corrected chi connectivity index (χ2v) is 8.87. The molecular formula is C26H30F2N4O5. The number of nitrogens with one attached hydrogen (secondary N) is 1. The van der Waals surface area contributed by atoms with Crippen LogP contribution >= 0.6 is 0 Å². The Morgan fingerprint density at radius 2 is 2.16 bits per heavy atom. The molecule has 2 aromatic rings. The van der Waals surface area contributed by atoms with Gasteiger partial charge in [-0.25, -0.2) is 18.6 Å². The molecule has 3 amide bonds. The van der Waals surface area contributed by atoms with Gasteiger partial charge >= 0.3 is 6.03 Å². The molecule has 2 heterocycles. The zero-order valence-electron chi connectivity index (χ0n) is 21.1. The average Bonchev–Trinajstić information content (AvgIpc) is 2.88. The standard InChI is InChI=1S/C26H30F2N4O5/c1-16-13-32(17(2)15-33)25(34)20-10-18(6-5-9-36-4)12-29-24(20)37-23(16)14-31(3)26(35)30-22-11-19(27)7-8-21(22)28/h7-8,10-12,16-17,23,33H,9,13-15H2,1-4H3,(H,30,35)/t16-,17+,23-/m1/s1. The number of aliphatic hydroxyl groups is 1. The van der Waals surface area contributed by atoms with Gasteiger partial charge in [0.05, 0.1) is 24.9 Å². The van der Waals surface area contributed by atoms with Gasteiger partial charge in [-0.3, -0.25) is 4.79 Å². The maximum absolute atomic E-state index is 14.0. The molecule has 1 aromatic carbocycles. The van der Waals surface area contributed by atoms with Crippen LogP contribution in [0.15, 0.2) is 30.5 Å². The van der Waals surface area contributed by atoms with Gasteiger partial charge in [-0.1, -0.05) is 18.8 Å². The highest BCUT2D eigenvalue weighted by Gasteiger charge is 2.34. The van der Waals surface area contributed by atoms with Crippen LogP contribution in [-0.2, 0) is 4.74 Å². The average molecular weight is 517 g/mol. The summed E-state index contributed by atoms with van der Waals surface area (Å²) in [5.41, 5.74) is 0.379. The maximum atomic E-state index is 14.0. The molecule has 0 unspecified atom stereocenters. The third-order valence-electron chi connectivity index (χ3n) is 5.94. The van der Waals surface area contributed by atoms with E-state index < -0.39 is 29.8 Å². The predicted molar refractivity (Wildman–Crippen MR) is 132 cm³/mol. The Morgan fingerprint density at radius 3 is 2.86 bits per heavy atom. The number of likely N-dealkylation sites (N-methyl/N-ethyl adjacent to an activating group) is 1. The number of urea groups is 1. The number of halogens is 2. The molecule has 0 saturated carbocycles. The fraction of sp³-hybridized carbons (Fsp3) is 0.423. The number of aromatic nitrogens is 1. The molecule has 3 rings (SSSR count). The van der Waals surface area contributed by atoms with E-state index in [2.05, 4.69) is 22.1 Å². The molecule has 0 radical (unpaired) electrons. The highest BCUT2D eigenvalue weighted by atomic mass is 19.1. The van der Waals surface area contributed by atoms with Crippen LogP contribution in [0.25, 0.3) is 0 Å². The second kappa shape index (κ2) is 12.5. The number of benzene rings is 1. The third-order valence-corrected chi connectivity index (χ3v) is 5.94. The van der Waals surface area contributed by atoms with E-state index in [0.717, 1.165) is 18.2 Å². The molecule has 198 valence electrons. The first-order valence-electron chi connectivity index (χ1n) is 11.7. The number of hydrogen-bond donors (Lipinski definition) is 2. The van der Waals surface area contributed by atoms with Crippen molar-refractivity contribution in [3.8, 4) is 17.7 Å². The van der Waals surface area contributed by atoms with E-state index in [-0.39, 0.29) is 55.3 Å². The normalized spacial score (nSPS) is 17.9. The number of fused-ring (bicyclic) bond motifs is 1. The maximum Gasteiger partial charge on any atom is 0.321 e. The fourth-order valence-electron chi connectivity index (χ4n) is 3.76. The lowest BCUT2D eigenvalue weighted by atomic mass is 10.00. The summed E-state index contributed by atoms with van der Waals surface area (Å²) in [6.07, 6.45) is 0.854. The lowest BCUT2D eigenvalue weighted by Gasteiger charge is -2.37. The van der Waals surface area contributed by atoms with Crippen LogP contribution < -0.4 is 10.1 Å². The minimum atomic E-state index is -0.770. The number of hydrogen-bond acceptors (Lipinski definition) is 6. The number of anilines is 1. The summed E-state index contributed by atoms with van der Waals surface area (Å²) in [5, 5.41) is 12.1. The van der Waals surface area contributed by atoms with Crippen molar-refractivity contribution in [1.82, 2.24) is 14.8 Å². The number of nitrogens with zero attached hydrogens (tertiary/aromatic N) is 3. The van der Waals surface area contributed by atoms with E-state index in [9.17, 15) is 23.5 Å². The molecule has 1 aliphatic rings. The minimum absolute atomic E-state index is 0.0516. The van der Waals surface area contributed by atoms with Crippen molar-refractivity contribution in [2.24, 2.45) is 5.92 Å². The Morgan fingerprint density at radius 1 is 1.41 bits per heavy atom. The topological polar surface area (TPSA) is 104 Å². The van der Waals surface area contributed by atoms with E-state index in [1.165, 1.54) is 30.2 Å². The van der Waals surface area contributed by atoms with Crippen molar-refractivity contribution in [2.45, 2.75) is 26.0 Å². The zero-order valence-corrected chi connectivity index (χ0v) is 21.1. The Bertz CT molecular complexity index is 1200. The minimum Gasteiger partial charge on any atom is -0.472 e. The van der Waals surface area contributed by atoms with Gasteiger partial charge in [0, 0.05) is 44.4 Å². The molecule has 37 heavy (non-hydrogen) atoms. The van der Waals surface area contributed by atoms with Gasteiger partial charge in [0.1, 0.15) is 29.9 Å². The van der Waals surface area contributed by atoms with Crippen LogP contribution in [-0.4, -0.2) is 84.4 Å². The third kappa shape index (κ3) is 6.93. The van der Waals surface area contributed by atoms with Gasteiger partial charge in [0.15, 0.2) is 0 Å². The van der Waals surface area contributed by atoms with Crippen molar-refractivity contribution in [2.75, 3.05) is 45.8 Å². The number of amides is 3. The first kappa shape index (κ1) is 27.8. The van der Waals surface area contributed by atoms with Crippen LogP contribution in [0.1, 0.15) is 29.8 Å². The van der Waals surface area contributed by atoms with Crippen molar-refractivity contribution in [3.63, 3.8) is 0 Å². The van der Waals surface area contributed by atoms with Crippen molar-refractivity contribution in [1.29, 1.82) is 0 Å². The second-order valence-electron chi connectivity index (χ2n) is 8.87. The molecule has 11 heteroatoms. The van der Waals surface area contributed by atoms with Crippen LogP contribution in [0.4, 0.5) is 19.3 Å². The van der Waals surface area contributed by atoms with Gasteiger partial charge in [-0.15, -0.1) is 0 Å². The molecule has 0 fully saturated rings. The molecule has 9 nitrogen and oxygen atoms in total. The van der Waals surface area contributed by atoms with Crippen LogP contribution in [0, 0.1) is 29.4 Å². The summed E-state index contributed by atoms with van der Waals surface area (Å²) in [6, 6.07) is 3.19. The number of methoxy groups -OCH3 is 1. The lowest BCUT2D eigenvalue weighted by Crippen LogP contribution is -2.50. The van der Waals surface area contributed by atoms with Crippen molar-refractivity contribution < 1.29 is 33.0 Å². The molecule has 3 atom stereocenters. The predicted octanol–water partition coefficient (Wildman–Crippen LogP) is 2.74. The fourth-order valence-corrected chi connectivity index (χ4v) is 3.76. The number of pyridine rings is 1. The number of aliphatic hydroxyl groups excluding tert-OH is 1. The summed E-state index contributed by atoms with van der Waals surface area (Å²) in [7, 11) is 3.01. The monoisotopic (exact) mass is 516 g/mol. The van der Waals surface area contributed by atoms with Gasteiger partial charge < -0.3 is 29.7 Å². The lowest BCUT2D eigenvalue weighted by molar-refractivity contribution is 0.0356. The summed E-state index contributed by atoms with van der Waals surface area (Å²) < 4.78 is 38.5. The van der Waals surface area contributed by atoms with E-state index in [1.807, 2.05) is 6.92 Å². The van der Waals surface area contributed by atoms with Gasteiger partial charge in [0.2, 0.25) is 5.88 Å². The highest BCUT2D eigenvalue weighted by molar-refractivity contribution is 5.97. The highest BCUT2D eigenvalue weighted by Crippen LogP contribution is 2.27.